The zero-order chi connectivity index (χ0) is 12.1. The fourth-order valence-electron chi connectivity index (χ4n) is 0.898. The number of aromatic hydroxyl groups is 1. The highest BCUT2D eigenvalue weighted by Crippen LogP contribution is 2.15. The Hall–Kier alpha value is -1.49. The van der Waals surface area contributed by atoms with Crippen molar-refractivity contribution >= 4 is 11.3 Å². The predicted molar refractivity (Wildman–Crippen MR) is 57.0 cm³/mol. The van der Waals surface area contributed by atoms with Gasteiger partial charge in [-0.3, -0.25) is 0 Å². The minimum absolute atomic E-state index is 0.282. The molecule has 1 aromatic carbocycles. The number of thiophene rings is 1. The van der Waals surface area contributed by atoms with Gasteiger partial charge in [0.25, 0.3) is 0 Å². The molecule has 1 aromatic heterocycles. The van der Waals surface area contributed by atoms with E-state index >= 15 is 0 Å². The van der Waals surface area contributed by atoms with Crippen LogP contribution < -0.4 is 0 Å². The molecule has 0 radical (unpaired) electrons. The third-order valence-electron chi connectivity index (χ3n) is 1.68. The van der Waals surface area contributed by atoms with Crippen LogP contribution in [0.3, 0.4) is 0 Å². The third-order valence-corrected chi connectivity index (χ3v) is 2.35. The Balaban J connectivity index is 0.000000165. The number of aryl methyl sites for hydroxylation is 1. The number of hydrogen-bond acceptors (Lipinski definition) is 2. The summed E-state index contributed by atoms with van der Waals surface area (Å²) in [5.74, 6) is -1.61. The van der Waals surface area contributed by atoms with E-state index < -0.39 is 16.8 Å². The van der Waals surface area contributed by atoms with E-state index in [1.54, 1.807) is 13.0 Å². The van der Waals surface area contributed by atoms with Crippen molar-refractivity contribution in [2.45, 2.75) is 6.92 Å². The van der Waals surface area contributed by atoms with Crippen molar-refractivity contribution in [3.05, 3.63) is 52.0 Å². The summed E-state index contributed by atoms with van der Waals surface area (Å²) in [5.41, 5.74) is 0.855. The first kappa shape index (κ1) is 12.6. The molecule has 0 saturated heterocycles. The zero-order valence-electron chi connectivity index (χ0n) is 8.38. The van der Waals surface area contributed by atoms with Crippen LogP contribution in [0.1, 0.15) is 5.56 Å². The quantitative estimate of drug-likeness (QED) is 0.748. The fraction of sp³-hybridized carbons (Fsp3) is 0.0909. The number of benzene rings is 1. The highest BCUT2D eigenvalue weighted by Gasteiger charge is 1.97. The van der Waals surface area contributed by atoms with Gasteiger partial charge in [-0.25, -0.2) is 8.78 Å². The van der Waals surface area contributed by atoms with Gasteiger partial charge in [-0.1, -0.05) is 6.07 Å². The predicted octanol–water partition coefficient (Wildman–Crippen LogP) is 3.87. The van der Waals surface area contributed by atoms with Crippen LogP contribution in [0.5, 0.6) is 5.75 Å². The maximum absolute atomic E-state index is 12.2. The van der Waals surface area contributed by atoms with Crippen LogP contribution in [0.2, 0.25) is 0 Å². The summed E-state index contributed by atoms with van der Waals surface area (Å²) < 4.78 is 35.7. The topological polar surface area (TPSA) is 20.2 Å². The van der Waals surface area contributed by atoms with Gasteiger partial charge in [0.2, 0.25) is 5.13 Å². The molecule has 0 fully saturated rings. The molecule has 1 nitrogen and oxygen atoms in total. The SMILES string of the molecule is Cc1ccc(F)c(O)c1.Fc1ccsc1F. The first-order valence-corrected chi connectivity index (χ1v) is 5.22. The van der Waals surface area contributed by atoms with E-state index in [1.165, 1.54) is 17.5 Å². The van der Waals surface area contributed by atoms with Gasteiger partial charge in [-0.05, 0) is 36.1 Å². The number of hydrogen-bond donors (Lipinski definition) is 1. The fourth-order valence-corrected chi connectivity index (χ4v) is 1.39. The lowest BCUT2D eigenvalue weighted by Crippen LogP contribution is -1.75. The molecule has 2 rings (SSSR count). The van der Waals surface area contributed by atoms with Crippen molar-refractivity contribution in [2.24, 2.45) is 0 Å². The Kier molecular flexibility index (Phi) is 4.37. The van der Waals surface area contributed by atoms with Gasteiger partial charge in [0, 0.05) is 0 Å². The molecule has 0 saturated carbocycles. The molecule has 0 aliphatic rings. The maximum Gasteiger partial charge on any atom is 0.212 e. The Morgan fingerprint density at radius 3 is 2.06 bits per heavy atom. The lowest BCUT2D eigenvalue weighted by atomic mass is 10.2. The number of phenols is 1. The normalized spacial score (nSPS) is 9.50. The van der Waals surface area contributed by atoms with Gasteiger partial charge in [0.05, 0.1) is 0 Å². The van der Waals surface area contributed by atoms with Crippen molar-refractivity contribution in [1.82, 2.24) is 0 Å². The van der Waals surface area contributed by atoms with E-state index in [0.29, 0.717) is 0 Å². The minimum atomic E-state index is -0.759. The summed E-state index contributed by atoms with van der Waals surface area (Å²) in [4.78, 5) is 0. The van der Waals surface area contributed by atoms with Crippen molar-refractivity contribution in [2.75, 3.05) is 0 Å². The van der Waals surface area contributed by atoms with Gasteiger partial charge in [-0.15, -0.1) is 11.3 Å². The van der Waals surface area contributed by atoms with Crippen LogP contribution in [0.4, 0.5) is 13.2 Å². The van der Waals surface area contributed by atoms with E-state index in [9.17, 15) is 13.2 Å². The lowest BCUT2D eigenvalue weighted by molar-refractivity contribution is 0.432. The van der Waals surface area contributed by atoms with Gasteiger partial charge < -0.3 is 5.11 Å². The van der Waals surface area contributed by atoms with E-state index in [2.05, 4.69) is 0 Å². The molecule has 0 bridgehead atoms. The van der Waals surface area contributed by atoms with E-state index in [4.69, 9.17) is 5.11 Å². The van der Waals surface area contributed by atoms with Gasteiger partial charge in [-0.2, -0.15) is 4.39 Å². The molecule has 16 heavy (non-hydrogen) atoms. The highest BCUT2D eigenvalue weighted by molar-refractivity contribution is 7.08. The molecule has 0 amide bonds. The van der Waals surface area contributed by atoms with E-state index in [-0.39, 0.29) is 5.75 Å². The smallest absolute Gasteiger partial charge is 0.212 e. The summed E-state index contributed by atoms with van der Waals surface area (Å²) in [5, 5.41) is 9.35. The van der Waals surface area contributed by atoms with Crippen molar-refractivity contribution in [1.29, 1.82) is 0 Å². The van der Waals surface area contributed by atoms with Gasteiger partial charge in [0.1, 0.15) is 0 Å². The molecule has 1 heterocycles. The number of rotatable bonds is 0. The Morgan fingerprint density at radius 1 is 1.06 bits per heavy atom. The molecule has 0 spiro atoms. The lowest BCUT2D eigenvalue weighted by Gasteiger charge is -1.93. The molecule has 0 atom stereocenters. The largest absolute Gasteiger partial charge is 0.505 e. The first-order chi connectivity index (χ1) is 7.50. The summed E-state index contributed by atoms with van der Waals surface area (Å²) in [6, 6.07) is 5.33. The van der Waals surface area contributed by atoms with E-state index in [1.807, 2.05) is 0 Å². The average Bonchev–Trinajstić information content (AvgIpc) is 2.59. The molecular formula is C11H9F3OS. The number of halogens is 3. The Bertz CT molecular complexity index is 452. The van der Waals surface area contributed by atoms with Crippen molar-refractivity contribution < 1.29 is 18.3 Å². The Morgan fingerprint density at radius 2 is 1.75 bits per heavy atom. The number of phenolic OH excluding ortho intramolecular Hbond substituents is 1. The molecular weight excluding hydrogens is 237 g/mol. The van der Waals surface area contributed by atoms with Crippen LogP contribution >= 0.6 is 11.3 Å². The monoisotopic (exact) mass is 246 g/mol. The van der Waals surface area contributed by atoms with Crippen LogP contribution in [0, 0.1) is 23.7 Å². The molecule has 1 N–H and O–H groups in total. The van der Waals surface area contributed by atoms with Gasteiger partial charge >= 0.3 is 0 Å². The molecule has 0 unspecified atom stereocenters. The van der Waals surface area contributed by atoms with Crippen LogP contribution in [-0.2, 0) is 0 Å². The second-order valence-corrected chi connectivity index (χ2v) is 3.86. The molecule has 0 aliphatic carbocycles. The maximum atomic E-state index is 12.2. The van der Waals surface area contributed by atoms with Crippen LogP contribution in [0.15, 0.2) is 29.6 Å². The van der Waals surface area contributed by atoms with Crippen LogP contribution in [0.25, 0.3) is 0 Å². The Labute approximate surface area is 94.8 Å². The molecule has 0 aliphatic heterocycles. The summed E-state index contributed by atoms with van der Waals surface area (Å²) in [6.45, 7) is 1.79. The standard InChI is InChI=1S/C7H7FO.C4H2F2S/c1-5-2-3-6(8)7(9)4-5;5-3-1-2-7-4(3)6/h2-4,9H,1H3;1-2H. The molecule has 5 heteroatoms. The van der Waals surface area contributed by atoms with Gasteiger partial charge in [0.15, 0.2) is 17.4 Å². The third kappa shape index (κ3) is 3.58. The van der Waals surface area contributed by atoms with E-state index in [0.717, 1.165) is 23.0 Å². The van der Waals surface area contributed by atoms with Crippen molar-refractivity contribution in [3.8, 4) is 5.75 Å². The first-order valence-electron chi connectivity index (χ1n) is 4.34. The average molecular weight is 246 g/mol. The summed E-state index contributed by atoms with van der Waals surface area (Å²) in [7, 11) is 0. The minimum Gasteiger partial charge on any atom is -0.505 e. The summed E-state index contributed by atoms with van der Waals surface area (Å²) >= 11 is 0.763. The highest BCUT2D eigenvalue weighted by atomic mass is 32.1. The molecule has 2 aromatic rings. The second kappa shape index (κ2) is 5.55. The zero-order valence-corrected chi connectivity index (χ0v) is 9.19. The van der Waals surface area contributed by atoms with Crippen molar-refractivity contribution in [3.63, 3.8) is 0 Å². The molecule has 86 valence electrons. The van der Waals surface area contributed by atoms with Crippen LogP contribution in [-0.4, -0.2) is 5.11 Å². The summed E-state index contributed by atoms with van der Waals surface area (Å²) in [6.07, 6.45) is 0. The second-order valence-electron chi connectivity index (χ2n) is 3.00.